The number of benzene rings is 1. The molecule has 1 rings (SSSR count). The van der Waals surface area contributed by atoms with Gasteiger partial charge in [-0.05, 0) is 38.1 Å². The molecule has 0 aliphatic rings. The van der Waals surface area contributed by atoms with E-state index in [9.17, 15) is 32.7 Å². The van der Waals surface area contributed by atoms with E-state index in [1.807, 2.05) is 0 Å². The normalized spacial score (nSPS) is 13.8. The number of anilines is 1. The minimum absolute atomic E-state index is 0.110. The topological polar surface area (TPSA) is 92.7 Å². The van der Waals surface area contributed by atoms with Gasteiger partial charge in [-0.3, -0.25) is 9.59 Å². The van der Waals surface area contributed by atoms with Gasteiger partial charge < -0.3 is 15.2 Å². The van der Waals surface area contributed by atoms with Crippen molar-refractivity contribution in [2.45, 2.75) is 32.0 Å². The Morgan fingerprint density at radius 2 is 1.71 bits per heavy atom. The molecule has 0 aromatic heterocycles. The van der Waals surface area contributed by atoms with Crippen LogP contribution in [0.2, 0.25) is 0 Å². The van der Waals surface area contributed by atoms with E-state index < -0.39 is 30.1 Å². The standard InChI is InChI=1S/C15H16F3NO5/c1-3-24-13(22)14(23,15(16,17)18)8-12(21)19-11-6-4-10(5-7-11)9(2)20/h4-7,23H,3,8H2,1-2H3,(H,19,21)/t14-/m1/s1. The third kappa shape index (κ3) is 4.54. The van der Waals surface area contributed by atoms with E-state index >= 15 is 0 Å². The van der Waals surface area contributed by atoms with Crippen molar-refractivity contribution in [2.75, 3.05) is 11.9 Å². The molecule has 0 fully saturated rings. The van der Waals surface area contributed by atoms with E-state index in [-0.39, 0.29) is 18.1 Å². The first-order valence-electron chi connectivity index (χ1n) is 6.88. The molecule has 1 aromatic carbocycles. The van der Waals surface area contributed by atoms with Gasteiger partial charge in [0.15, 0.2) is 5.78 Å². The molecule has 1 atom stereocenters. The molecule has 0 heterocycles. The molecule has 0 aliphatic carbocycles. The first-order valence-corrected chi connectivity index (χ1v) is 6.88. The fraction of sp³-hybridized carbons (Fsp3) is 0.400. The lowest BCUT2D eigenvalue weighted by Gasteiger charge is -2.27. The predicted octanol–water partition coefficient (Wildman–Crippen LogP) is 2.07. The highest BCUT2D eigenvalue weighted by Gasteiger charge is 2.61. The van der Waals surface area contributed by atoms with Crippen LogP contribution in [-0.4, -0.2) is 41.2 Å². The Balaban J connectivity index is 2.89. The molecule has 0 radical (unpaired) electrons. The minimum atomic E-state index is -5.38. The summed E-state index contributed by atoms with van der Waals surface area (Å²) in [7, 11) is 0. The average Bonchev–Trinajstić information content (AvgIpc) is 2.46. The Morgan fingerprint density at radius 3 is 2.12 bits per heavy atom. The van der Waals surface area contributed by atoms with Crippen LogP contribution < -0.4 is 5.32 Å². The van der Waals surface area contributed by atoms with Crippen molar-refractivity contribution in [3.63, 3.8) is 0 Å². The number of ketones is 1. The van der Waals surface area contributed by atoms with Crippen molar-refractivity contribution >= 4 is 23.3 Å². The summed E-state index contributed by atoms with van der Waals surface area (Å²) in [4.78, 5) is 34.3. The summed E-state index contributed by atoms with van der Waals surface area (Å²) in [6, 6.07) is 5.37. The van der Waals surface area contributed by atoms with Crippen molar-refractivity contribution in [3.05, 3.63) is 29.8 Å². The summed E-state index contributed by atoms with van der Waals surface area (Å²) in [5, 5.41) is 11.7. The average molecular weight is 347 g/mol. The Morgan fingerprint density at radius 1 is 1.17 bits per heavy atom. The van der Waals surface area contributed by atoms with Gasteiger partial charge in [-0.2, -0.15) is 13.2 Å². The third-order valence-electron chi connectivity index (χ3n) is 3.07. The zero-order chi connectivity index (χ0) is 18.5. The van der Waals surface area contributed by atoms with Crippen LogP contribution in [0.15, 0.2) is 24.3 Å². The van der Waals surface area contributed by atoms with Crippen molar-refractivity contribution in [3.8, 4) is 0 Å². The molecular weight excluding hydrogens is 331 g/mol. The molecule has 0 unspecified atom stereocenters. The molecule has 0 spiro atoms. The van der Waals surface area contributed by atoms with E-state index in [1.54, 1.807) is 0 Å². The summed E-state index contributed by atoms with van der Waals surface area (Å²) >= 11 is 0. The molecule has 24 heavy (non-hydrogen) atoms. The highest BCUT2D eigenvalue weighted by molar-refractivity contribution is 5.97. The van der Waals surface area contributed by atoms with Crippen LogP contribution in [0.1, 0.15) is 30.6 Å². The Bertz CT molecular complexity index is 627. The van der Waals surface area contributed by atoms with E-state index in [0.29, 0.717) is 5.56 Å². The van der Waals surface area contributed by atoms with Crippen molar-refractivity contribution in [2.24, 2.45) is 0 Å². The SMILES string of the molecule is CCOC(=O)[C@](O)(CC(=O)Nc1ccc(C(C)=O)cc1)C(F)(F)F. The van der Waals surface area contributed by atoms with Crippen LogP contribution in [0.4, 0.5) is 18.9 Å². The van der Waals surface area contributed by atoms with Gasteiger partial charge >= 0.3 is 12.1 Å². The van der Waals surface area contributed by atoms with Gasteiger partial charge in [0.05, 0.1) is 13.0 Å². The zero-order valence-corrected chi connectivity index (χ0v) is 12.9. The lowest BCUT2D eigenvalue weighted by molar-refractivity contribution is -0.262. The molecule has 0 bridgehead atoms. The van der Waals surface area contributed by atoms with Gasteiger partial charge in [0, 0.05) is 11.3 Å². The van der Waals surface area contributed by atoms with Crippen molar-refractivity contribution in [1.82, 2.24) is 0 Å². The van der Waals surface area contributed by atoms with Gasteiger partial charge in [0.25, 0.3) is 5.60 Å². The van der Waals surface area contributed by atoms with Gasteiger partial charge in [-0.1, -0.05) is 0 Å². The number of amides is 1. The first kappa shape index (κ1) is 19.6. The number of Topliss-reactive ketones (excluding diaryl/α,β-unsaturated/α-hetero) is 1. The number of halogens is 3. The maximum absolute atomic E-state index is 13.0. The van der Waals surface area contributed by atoms with E-state index in [4.69, 9.17) is 0 Å². The maximum Gasteiger partial charge on any atom is 0.428 e. The summed E-state index contributed by atoms with van der Waals surface area (Å²) in [6.45, 7) is 2.22. The summed E-state index contributed by atoms with van der Waals surface area (Å²) in [5.74, 6) is -3.40. The number of esters is 1. The fourth-order valence-electron chi connectivity index (χ4n) is 1.76. The first-order chi connectivity index (χ1) is 11.0. The third-order valence-corrected chi connectivity index (χ3v) is 3.07. The van der Waals surface area contributed by atoms with Crippen molar-refractivity contribution < 1.29 is 37.4 Å². The lowest BCUT2D eigenvalue weighted by Crippen LogP contribution is -2.54. The highest BCUT2D eigenvalue weighted by atomic mass is 19.4. The lowest BCUT2D eigenvalue weighted by atomic mass is 9.98. The van der Waals surface area contributed by atoms with Crippen LogP contribution in [-0.2, 0) is 14.3 Å². The smallest absolute Gasteiger partial charge is 0.428 e. The number of hydrogen-bond acceptors (Lipinski definition) is 5. The molecule has 0 saturated heterocycles. The number of nitrogens with one attached hydrogen (secondary N) is 1. The minimum Gasteiger partial charge on any atom is -0.464 e. The quantitative estimate of drug-likeness (QED) is 0.607. The summed E-state index contributed by atoms with van der Waals surface area (Å²) < 4.78 is 43.1. The van der Waals surface area contributed by atoms with Gasteiger partial charge in [0.1, 0.15) is 0 Å². The summed E-state index contributed by atoms with van der Waals surface area (Å²) in [5.41, 5.74) is -3.48. The fourth-order valence-corrected chi connectivity index (χ4v) is 1.76. The molecule has 6 nitrogen and oxygen atoms in total. The molecule has 132 valence electrons. The Labute approximate surface area is 135 Å². The second-order valence-corrected chi connectivity index (χ2v) is 4.94. The van der Waals surface area contributed by atoms with Gasteiger partial charge in [-0.15, -0.1) is 0 Å². The van der Waals surface area contributed by atoms with Gasteiger partial charge in [0.2, 0.25) is 5.91 Å². The van der Waals surface area contributed by atoms with Crippen molar-refractivity contribution in [1.29, 1.82) is 0 Å². The number of alkyl halides is 3. The number of ether oxygens (including phenoxy) is 1. The van der Waals surface area contributed by atoms with Crippen LogP contribution >= 0.6 is 0 Å². The maximum atomic E-state index is 13.0. The second kappa shape index (κ2) is 7.43. The Hall–Kier alpha value is -2.42. The monoisotopic (exact) mass is 347 g/mol. The number of carbonyl (C=O) groups is 3. The number of aliphatic hydroxyl groups is 1. The van der Waals surface area contributed by atoms with E-state index in [2.05, 4.69) is 10.1 Å². The number of carbonyl (C=O) groups excluding carboxylic acids is 3. The molecule has 9 heteroatoms. The molecular formula is C15H16F3NO5. The van der Waals surface area contributed by atoms with Crippen LogP contribution in [0.5, 0.6) is 0 Å². The zero-order valence-electron chi connectivity index (χ0n) is 12.9. The van der Waals surface area contributed by atoms with Gasteiger partial charge in [-0.25, -0.2) is 4.79 Å². The van der Waals surface area contributed by atoms with E-state index in [1.165, 1.54) is 38.1 Å². The summed E-state index contributed by atoms with van der Waals surface area (Å²) in [6.07, 6.45) is -6.93. The highest BCUT2D eigenvalue weighted by Crippen LogP contribution is 2.34. The second-order valence-electron chi connectivity index (χ2n) is 4.94. The molecule has 0 aliphatic heterocycles. The van der Waals surface area contributed by atoms with Crippen LogP contribution in [0.3, 0.4) is 0 Å². The molecule has 1 amide bonds. The van der Waals surface area contributed by atoms with E-state index in [0.717, 1.165) is 0 Å². The molecule has 0 saturated carbocycles. The number of hydrogen-bond donors (Lipinski definition) is 2. The largest absolute Gasteiger partial charge is 0.464 e. The van der Waals surface area contributed by atoms with Crippen LogP contribution in [0.25, 0.3) is 0 Å². The Kier molecular flexibility index (Phi) is 6.08. The molecule has 1 aromatic rings. The number of rotatable bonds is 6. The predicted molar refractivity (Wildman–Crippen MR) is 77.3 cm³/mol. The molecule has 2 N–H and O–H groups in total. The van der Waals surface area contributed by atoms with Crippen LogP contribution in [0, 0.1) is 0 Å².